The summed E-state index contributed by atoms with van der Waals surface area (Å²) in [6.07, 6.45) is 10.0. The van der Waals surface area contributed by atoms with Crippen molar-refractivity contribution in [1.29, 1.82) is 0 Å². The van der Waals surface area contributed by atoms with E-state index >= 15 is 0 Å². The quantitative estimate of drug-likeness (QED) is 0.799. The molecule has 0 amide bonds. The Kier molecular flexibility index (Phi) is 2.92. The number of nitrogens with zero attached hydrogens (tertiary/aromatic N) is 4. The Bertz CT molecular complexity index is 717. The Morgan fingerprint density at radius 3 is 3.10 bits per heavy atom. The van der Waals surface area contributed by atoms with Gasteiger partial charge in [-0.15, -0.1) is 0 Å². The lowest BCUT2D eigenvalue weighted by atomic mass is 9.93. The first-order valence-corrected chi connectivity index (χ1v) is 7.04. The van der Waals surface area contributed by atoms with Gasteiger partial charge in [-0.2, -0.15) is 5.10 Å². The number of nitrogens with one attached hydrogen (secondary N) is 1. The molecule has 3 aromatic heterocycles. The molecule has 1 aliphatic rings. The van der Waals surface area contributed by atoms with Crippen LogP contribution in [0.2, 0.25) is 0 Å². The highest BCUT2D eigenvalue weighted by atomic mass is 16.3. The van der Waals surface area contributed by atoms with Crippen molar-refractivity contribution in [2.45, 2.75) is 25.3 Å². The smallest absolute Gasteiger partial charge is 0.155 e. The van der Waals surface area contributed by atoms with Crippen LogP contribution in [0.1, 0.15) is 30.2 Å². The van der Waals surface area contributed by atoms with E-state index < -0.39 is 0 Å². The lowest BCUT2D eigenvalue weighted by molar-refractivity contribution is 0.461. The van der Waals surface area contributed by atoms with E-state index in [9.17, 15) is 0 Å². The highest BCUT2D eigenvalue weighted by Gasteiger charge is 2.22. The predicted molar refractivity (Wildman–Crippen MR) is 77.2 cm³/mol. The maximum atomic E-state index is 5.52. The van der Waals surface area contributed by atoms with Gasteiger partial charge in [0, 0.05) is 12.0 Å². The zero-order valence-corrected chi connectivity index (χ0v) is 11.4. The molecule has 1 unspecified atom stereocenters. The van der Waals surface area contributed by atoms with Gasteiger partial charge >= 0.3 is 0 Å². The lowest BCUT2D eigenvalue weighted by Gasteiger charge is -2.23. The second-order valence-electron chi connectivity index (χ2n) is 5.13. The van der Waals surface area contributed by atoms with Gasteiger partial charge in [-0.25, -0.2) is 14.6 Å². The molecular weight excluding hydrogens is 266 g/mol. The number of anilines is 1. The molecule has 0 aromatic carbocycles. The monoisotopic (exact) mass is 281 g/mol. The Hall–Kier alpha value is -2.63. The Morgan fingerprint density at radius 1 is 1.29 bits per heavy atom. The third-order valence-electron chi connectivity index (χ3n) is 3.79. The molecule has 6 nitrogen and oxygen atoms in total. The minimum absolute atomic E-state index is 0.298. The molecule has 0 spiro atoms. The summed E-state index contributed by atoms with van der Waals surface area (Å²) < 4.78 is 7.16. The van der Waals surface area contributed by atoms with Gasteiger partial charge in [0.05, 0.1) is 24.2 Å². The number of rotatable bonds is 3. The fourth-order valence-corrected chi connectivity index (χ4v) is 2.77. The van der Waals surface area contributed by atoms with Crippen LogP contribution in [-0.4, -0.2) is 19.7 Å². The molecule has 0 saturated heterocycles. The molecule has 0 radical (unpaired) electrons. The van der Waals surface area contributed by atoms with Gasteiger partial charge in [-0.3, -0.25) is 0 Å². The highest BCUT2D eigenvalue weighted by molar-refractivity contribution is 5.46. The van der Waals surface area contributed by atoms with Crippen molar-refractivity contribution >= 4 is 5.69 Å². The van der Waals surface area contributed by atoms with Crippen molar-refractivity contribution in [3.05, 3.63) is 54.6 Å². The van der Waals surface area contributed by atoms with Gasteiger partial charge in [-0.1, -0.05) is 0 Å². The second kappa shape index (κ2) is 5.05. The normalized spacial score (nSPS) is 17.4. The van der Waals surface area contributed by atoms with Crippen molar-refractivity contribution in [3.8, 4) is 5.82 Å². The van der Waals surface area contributed by atoms with Gasteiger partial charge in [0.2, 0.25) is 0 Å². The number of pyridine rings is 1. The summed E-state index contributed by atoms with van der Waals surface area (Å²) in [7, 11) is 0. The fourth-order valence-electron chi connectivity index (χ4n) is 2.77. The van der Waals surface area contributed by atoms with Crippen LogP contribution in [0.15, 0.2) is 47.7 Å². The molecule has 1 N–H and O–H groups in total. The van der Waals surface area contributed by atoms with E-state index in [1.165, 1.54) is 11.9 Å². The van der Waals surface area contributed by atoms with E-state index in [-0.39, 0.29) is 0 Å². The minimum atomic E-state index is 0.298. The molecular formula is C15H15N5O. The van der Waals surface area contributed by atoms with E-state index in [1.54, 1.807) is 17.3 Å². The molecule has 4 rings (SSSR count). The molecule has 3 aromatic rings. The van der Waals surface area contributed by atoms with Gasteiger partial charge in [0.1, 0.15) is 18.4 Å². The van der Waals surface area contributed by atoms with E-state index in [0.717, 1.165) is 36.5 Å². The summed E-state index contributed by atoms with van der Waals surface area (Å²) >= 11 is 0. The van der Waals surface area contributed by atoms with E-state index in [1.807, 2.05) is 18.3 Å². The summed E-state index contributed by atoms with van der Waals surface area (Å²) in [6, 6.07) is 6.30. The first kappa shape index (κ1) is 12.1. The van der Waals surface area contributed by atoms with Crippen LogP contribution >= 0.6 is 0 Å². The zero-order valence-electron chi connectivity index (χ0n) is 11.4. The van der Waals surface area contributed by atoms with Crippen LogP contribution in [0.4, 0.5) is 5.69 Å². The second-order valence-corrected chi connectivity index (χ2v) is 5.13. The summed E-state index contributed by atoms with van der Waals surface area (Å²) in [6.45, 7) is 0. The first-order chi connectivity index (χ1) is 10.4. The third kappa shape index (κ3) is 2.29. The third-order valence-corrected chi connectivity index (χ3v) is 3.79. The lowest BCUT2D eigenvalue weighted by Crippen LogP contribution is -2.16. The number of hydrogen-bond donors (Lipinski definition) is 1. The van der Waals surface area contributed by atoms with Crippen molar-refractivity contribution in [1.82, 2.24) is 19.7 Å². The van der Waals surface area contributed by atoms with Gasteiger partial charge in [0.15, 0.2) is 5.82 Å². The Balaban J connectivity index is 1.54. The molecule has 0 aliphatic heterocycles. The average molecular weight is 281 g/mol. The van der Waals surface area contributed by atoms with Crippen molar-refractivity contribution in [2.75, 3.05) is 5.32 Å². The van der Waals surface area contributed by atoms with Crippen molar-refractivity contribution in [2.24, 2.45) is 0 Å². The Labute approximate surface area is 121 Å². The van der Waals surface area contributed by atoms with Gasteiger partial charge in [0.25, 0.3) is 0 Å². The average Bonchev–Trinajstić information content (AvgIpc) is 3.20. The van der Waals surface area contributed by atoms with Crippen LogP contribution in [0.3, 0.4) is 0 Å². The molecule has 3 heterocycles. The maximum Gasteiger partial charge on any atom is 0.155 e. The standard InChI is InChI=1S/C15H15N5O/c1-2-13(12-6-7-21-14(12)3-1)19-11-4-5-15(17-8-11)20-10-16-9-18-20/h4-10,13,19H,1-3H2. The molecule has 106 valence electrons. The summed E-state index contributed by atoms with van der Waals surface area (Å²) in [5, 5.41) is 7.59. The molecule has 0 fully saturated rings. The van der Waals surface area contributed by atoms with Crippen LogP contribution in [0, 0.1) is 0 Å². The molecule has 0 saturated carbocycles. The molecule has 1 atom stereocenters. The van der Waals surface area contributed by atoms with Crippen LogP contribution in [-0.2, 0) is 6.42 Å². The van der Waals surface area contributed by atoms with Crippen LogP contribution < -0.4 is 5.32 Å². The number of aryl methyl sites for hydroxylation is 1. The van der Waals surface area contributed by atoms with Crippen LogP contribution in [0.5, 0.6) is 0 Å². The van der Waals surface area contributed by atoms with Gasteiger partial charge < -0.3 is 9.73 Å². The number of hydrogen-bond acceptors (Lipinski definition) is 5. The number of furan rings is 1. The highest BCUT2D eigenvalue weighted by Crippen LogP contribution is 2.33. The van der Waals surface area contributed by atoms with Crippen molar-refractivity contribution in [3.63, 3.8) is 0 Å². The van der Waals surface area contributed by atoms with Gasteiger partial charge in [-0.05, 0) is 31.0 Å². The first-order valence-electron chi connectivity index (χ1n) is 7.04. The molecule has 6 heteroatoms. The summed E-state index contributed by atoms with van der Waals surface area (Å²) in [4.78, 5) is 8.32. The maximum absolute atomic E-state index is 5.52. The molecule has 1 aliphatic carbocycles. The minimum Gasteiger partial charge on any atom is -0.469 e. The predicted octanol–water partition coefficient (Wildman–Crippen LogP) is 2.74. The fraction of sp³-hybridized carbons (Fsp3) is 0.267. The van der Waals surface area contributed by atoms with E-state index in [0.29, 0.717) is 6.04 Å². The largest absolute Gasteiger partial charge is 0.469 e. The topological polar surface area (TPSA) is 68.8 Å². The SMILES string of the molecule is c1ncn(-c2ccc(NC3CCCc4occc43)cn2)n1. The summed E-state index contributed by atoms with van der Waals surface area (Å²) in [5.41, 5.74) is 2.26. The van der Waals surface area contributed by atoms with Crippen molar-refractivity contribution < 1.29 is 4.42 Å². The molecule has 0 bridgehead atoms. The van der Waals surface area contributed by atoms with E-state index in [2.05, 4.69) is 26.4 Å². The Morgan fingerprint density at radius 2 is 2.29 bits per heavy atom. The number of fused-ring (bicyclic) bond motifs is 1. The molecule has 21 heavy (non-hydrogen) atoms. The summed E-state index contributed by atoms with van der Waals surface area (Å²) in [5.74, 6) is 1.86. The zero-order chi connectivity index (χ0) is 14.1. The van der Waals surface area contributed by atoms with E-state index in [4.69, 9.17) is 4.42 Å². The number of aromatic nitrogens is 4. The van der Waals surface area contributed by atoms with Crippen LogP contribution in [0.25, 0.3) is 5.82 Å².